The molecule has 1 heterocycles. The molecular formula is C15H24N2O3S. The number of hydrogen-bond acceptors (Lipinski definition) is 4. The van der Waals surface area contributed by atoms with E-state index in [1.54, 1.807) is 22.5 Å². The lowest BCUT2D eigenvalue weighted by Crippen LogP contribution is -2.34. The Morgan fingerprint density at radius 2 is 2.10 bits per heavy atom. The molecule has 2 unspecified atom stereocenters. The van der Waals surface area contributed by atoms with Crippen LogP contribution in [0, 0.1) is 5.92 Å². The van der Waals surface area contributed by atoms with Crippen LogP contribution in [0.25, 0.3) is 0 Å². The van der Waals surface area contributed by atoms with Gasteiger partial charge < -0.3 is 10.5 Å². The lowest BCUT2D eigenvalue weighted by Gasteiger charge is -2.21. The topological polar surface area (TPSA) is 72.6 Å². The third-order valence-corrected chi connectivity index (χ3v) is 5.86. The number of ether oxygens (including phenoxy) is 1. The Labute approximate surface area is 127 Å². The number of hydrogen-bond donors (Lipinski definition) is 1. The van der Waals surface area contributed by atoms with Crippen molar-refractivity contribution < 1.29 is 13.2 Å². The van der Waals surface area contributed by atoms with Crippen molar-refractivity contribution in [1.82, 2.24) is 4.31 Å². The average Bonchev–Trinajstić information content (AvgIpc) is 2.79. The summed E-state index contributed by atoms with van der Waals surface area (Å²) in [6, 6.07) is 4.98. The molecule has 118 valence electrons. The van der Waals surface area contributed by atoms with Crippen molar-refractivity contribution in [3.63, 3.8) is 0 Å². The van der Waals surface area contributed by atoms with Gasteiger partial charge in [-0.1, -0.05) is 6.92 Å². The molecule has 1 fully saturated rings. The van der Waals surface area contributed by atoms with Gasteiger partial charge in [0.05, 0.1) is 11.5 Å². The van der Waals surface area contributed by atoms with Crippen molar-refractivity contribution in [3.8, 4) is 5.75 Å². The second-order valence-corrected chi connectivity index (χ2v) is 7.56. The van der Waals surface area contributed by atoms with Crippen molar-refractivity contribution in [3.05, 3.63) is 23.8 Å². The van der Waals surface area contributed by atoms with Gasteiger partial charge in [0.25, 0.3) is 0 Å². The number of rotatable bonds is 5. The molecule has 0 radical (unpaired) electrons. The normalized spacial score (nSPS) is 23.4. The van der Waals surface area contributed by atoms with Gasteiger partial charge in [0.1, 0.15) is 5.75 Å². The third-order valence-electron chi connectivity index (χ3n) is 3.89. The van der Waals surface area contributed by atoms with Crippen LogP contribution in [-0.4, -0.2) is 31.9 Å². The molecule has 0 aliphatic carbocycles. The van der Waals surface area contributed by atoms with Crippen LogP contribution in [0.15, 0.2) is 23.1 Å². The second-order valence-electron chi connectivity index (χ2n) is 5.67. The van der Waals surface area contributed by atoms with Gasteiger partial charge in [0.15, 0.2) is 0 Å². The fourth-order valence-corrected chi connectivity index (χ4v) is 4.72. The molecule has 0 bridgehead atoms. The Kier molecular flexibility index (Phi) is 4.91. The zero-order chi connectivity index (χ0) is 15.6. The predicted octanol–water partition coefficient (Wildman–Crippen LogP) is 1.96. The summed E-state index contributed by atoms with van der Waals surface area (Å²) in [7, 11) is -3.46. The Morgan fingerprint density at radius 1 is 1.38 bits per heavy atom. The SMILES string of the molecule is CCOc1ccc(S(=O)(=O)N2CC(C)CC2C)cc1CN. The summed E-state index contributed by atoms with van der Waals surface area (Å²) in [6.45, 7) is 7.28. The average molecular weight is 312 g/mol. The summed E-state index contributed by atoms with van der Waals surface area (Å²) in [4.78, 5) is 0.298. The molecule has 6 heteroatoms. The van der Waals surface area contributed by atoms with E-state index >= 15 is 0 Å². The van der Waals surface area contributed by atoms with Crippen LogP contribution in [0.3, 0.4) is 0 Å². The van der Waals surface area contributed by atoms with Gasteiger partial charge in [0.2, 0.25) is 10.0 Å². The van der Waals surface area contributed by atoms with E-state index in [1.807, 2.05) is 13.8 Å². The van der Waals surface area contributed by atoms with Gasteiger partial charge in [-0.3, -0.25) is 0 Å². The van der Waals surface area contributed by atoms with Crippen LogP contribution in [0.1, 0.15) is 32.8 Å². The molecule has 2 atom stereocenters. The van der Waals surface area contributed by atoms with E-state index in [4.69, 9.17) is 10.5 Å². The molecule has 0 spiro atoms. The van der Waals surface area contributed by atoms with E-state index in [-0.39, 0.29) is 12.6 Å². The van der Waals surface area contributed by atoms with Crippen molar-refractivity contribution >= 4 is 10.0 Å². The number of nitrogens with two attached hydrogens (primary N) is 1. The van der Waals surface area contributed by atoms with Crippen molar-refractivity contribution in [2.75, 3.05) is 13.2 Å². The van der Waals surface area contributed by atoms with E-state index in [9.17, 15) is 8.42 Å². The molecule has 1 aliphatic heterocycles. The molecule has 5 nitrogen and oxygen atoms in total. The molecule has 1 aliphatic rings. The summed E-state index contributed by atoms with van der Waals surface area (Å²) in [6.07, 6.45) is 0.903. The number of sulfonamides is 1. The van der Waals surface area contributed by atoms with Gasteiger partial charge in [-0.25, -0.2) is 8.42 Å². The number of nitrogens with zero attached hydrogens (tertiary/aromatic N) is 1. The van der Waals surface area contributed by atoms with Crippen LogP contribution < -0.4 is 10.5 Å². The lowest BCUT2D eigenvalue weighted by molar-refractivity contribution is 0.336. The van der Waals surface area contributed by atoms with E-state index in [0.29, 0.717) is 29.7 Å². The third kappa shape index (κ3) is 3.22. The summed E-state index contributed by atoms with van der Waals surface area (Å²) < 4.78 is 32.6. The Morgan fingerprint density at radius 3 is 2.62 bits per heavy atom. The molecule has 21 heavy (non-hydrogen) atoms. The highest BCUT2D eigenvalue weighted by atomic mass is 32.2. The maximum absolute atomic E-state index is 12.8. The Balaban J connectivity index is 2.36. The first kappa shape index (κ1) is 16.3. The largest absolute Gasteiger partial charge is 0.494 e. The monoisotopic (exact) mass is 312 g/mol. The maximum Gasteiger partial charge on any atom is 0.243 e. The van der Waals surface area contributed by atoms with Gasteiger partial charge in [-0.15, -0.1) is 0 Å². The molecule has 0 aromatic heterocycles. The minimum absolute atomic E-state index is 0.0397. The quantitative estimate of drug-likeness (QED) is 0.902. The zero-order valence-corrected chi connectivity index (χ0v) is 13.7. The molecule has 1 aromatic carbocycles. The summed E-state index contributed by atoms with van der Waals surface area (Å²) in [5.41, 5.74) is 6.43. The van der Waals surface area contributed by atoms with Crippen LogP contribution in [0.4, 0.5) is 0 Å². The predicted molar refractivity (Wildman–Crippen MR) is 82.6 cm³/mol. The van der Waals surface area contributed by atoms with Gasteiger partial charge in [-0.2, -0.15) is 4.31 Å². The molecular weight excluding hydrogens is 288 g/mol. The molecule has 1 saturated heterocycles. The molecule has 0 amide bonds. The fraction of sp³-hybridized carbons (Fsp3) is 0.600. The lowest BCUT2D eigenvalue weighted by atomic mass is 10.1. The minimum atomic E-state index is -3.46. The first-order chi connectivity index (χ1) is 9.90. The summed E-state index contributed by atoms with van der Waals surface area (Å²) in [5, 5.41) is 0. The van der Waals surface area contributed by atoms with E-state index in [0.717, 1.165) is 12.0 Å². The zero-order valence-electron chi connectivity index (χ0n) is 12.9. The van der Waals surface area contributed by atoms with Crippen molar-refractivity contribution in [1.29, 1.82) is 0 Å². The van der Waals surface area contributed by atoms with Crippen LogP contribution in [0.2, 0.25) is 0 Å². The van der Waals surface area contributed by atoms with Crippen molar-refractivity contribution in [2.24, 2.45) is 11.7 Å². The highest BCUT2D eigenvalue weighted by molar-refractivity contribution is 7.89. The molecule has 2 rings (SSSR count). The van der Waals surface area contributed by atoms with Crippen molar-refractivity contribution in [2.45, 2.75) is 44.7 Å². The standard InChI is InChI=1S/C15H24N2O3S/c1-4-20-15-6-5-14(8-13(15)9-16)21(18,19)17-10-11(2)7-12(17)3/h5-6,8,11-12H,4,7,9-10,16H2,1-3H3. The van der Waals surface area contributed by atoms with Crippen LogP contribution >= 0.6 is 0 Å². The maximum atomic E-state index is 12.8. The number of benzene rings is 1. The van der Waals surface area contributed by atoms with E-state index in [2.05, 4.69) is 6.92 Å². The minimum Gasteiger partial charge on any atom is -0.494 e. The highest BCUT2D eigenvalue weighted by Crippen LogP contribution is 2.31. The van der Waals surface area contributed by atoms with Crippen LogP contribution in [0.5, 0.6) is 5.75 Å². The smallest absolute Gasteiger partial charge is 0.243 e. The Bertz CT molecular complexity index is 601. The van der Waals surface area contributed by atoms with E-state index < -0.39 is 10.0 Å². The van der Waals surface area contributed by atoms with E-state index in [1.165, 1.54) is 0 Å². The molecule has 1 aromatic rings. The van der Waals surface area contributed by atoms with Gasteiger partial charge in [-0.05, 0) is 44.4 Å². The summed E-state index contributed by atoms with van der Waals surface area (Å²) >= 11 is 0. The fourth-order valence-electron chi connectivity index (χ4n) is 2.90. The Hall–Kier alpha value is -1.11. The van der Waals surface area contributed by atoms with Crippen LogP contribution in [-0.2, 0) is 16.6 Å². The molecule has 2 N–H and O–H groups in total. The first-order valence-electron chi connectivity index (χ1n) is 7.37. The molecule has 0 saturated carbocycles. The highest BCUT2D eigenvalue weighted by Gasteiger charge is 2.36. The second kappa shape index (κ2) is 6.34. The summed E-state index contributed by atoms with van der Waals surface area (Å²) in [5.74, 6) is 1.05. The first-order valence-corrected chi connectivity index (χ1v) is 8.81. The van der Waals surface area contributed by atoms with Gasteiger partial charge >= 0.3 is 0 Å². The van der Waals surface area contributed by atoms with Gasteiger partial charge in [0, 0.05) is 24.7 Å².